The zero-order valence-electron chi connectivity index (χ0n) is 16.4. The molecule has 150 valence electrons. The zero-order valence-corrected chi connectivity index (χ0v) is 17.2. The third kappa shape index (κ3) is 5.76. The van der Waals surface area contributed by atoms with Crippen LogP contribution >= 0.6 is 0 Å². The molecule has 0 aromatic heterocycles. The van der Waals surface area contributed by atoms with Crippen molar-refractivity contribution in [1.29, 1.82) is 0 Å². The fourth-order valence-corrected chi connectivity index (χ4v) is 4.07. The smallest absolute Gasteiger partial charge is 0.242 e. The van der Waals surface area contributed by atoms with E-state index in [1.165, 1.54) is 12.1 Å². The molecule has 0 saturated carbocycles. The van der Waals surface area contributed by atoms with Crippen LogP contribution < -0.4 is 10.0 Å². The van der Waals surface area contributed by atoms with Gasteiger partial charge >= 0.3 is 0 Å². The van der Waals surface area contributed by atoms with Gasteiger partial charge in [0.15, 0.2) is 0 Å². The Hall–Kier alpha value is -2.96. The standard InChI is InChI=1S/C23H24N2O3S/c1-17-8-12-20(13-9-17)24-23(26)22(16-19-6-4-3-5-7-19)25-29(27,28)21-14-10-18(2)11-15-21/h3-15,22,25H,16H2,1-2H3,(H,24,26). The van der Waals surface area contributed by atoms with E-state index in [2.05, 4.69) is 10.0 Å². The third-order valence-electron chi connectivity index (χ3n) is 4.55. The van der Waals surface area contributed by atoms with Crippen LogP contribution in [-0.4, -0.2) is 20.4 Å². The molecule has 0 heterocycles. The molecule has 29 heavy (non-hydrogen) atoms. The van der Waals surface area contributed by atoms with E-state index in [-0.39, 0.29) is 11.3 Å². The van der Waals surface area contributed by atoms with Crippen LogP contribution in [0.15, 0.2) is 83.8 Å². The van der Waals surface area contributed by atoms with Crippen LogP contribution in [0.25, 0.3) is 0 Å². The Bertz CT molecular complexity index is 1060. The monoisotopic (exact) mass is 408 g/mol. The Morgan fingerprint density at radius 1 is 0.828 bits per heavy atom. The van der Waals surface area contributed by atoms with E-state index in [1.807, 2.05) is 56.3 Å². The van der Waals surface area contributed by atoms with Crippen molar-refractivity contribution in [2.75, 3.05) is 5.32 Å². The minimum absolute atomic E-state index is 0.129. The van der Waals surface area contributed by atoms with Crippen LogP contribution in [0.3, 0.4) is 0 Å². The molecule has 3 rings (SSSR count). The minimum atomic E-state index is -3.85. The Labute approximate surface area is 171 Å². The van der Waals surface area contributed by atoms with Gasteiger partial charge in [0.25, 0.3) is 0 Å². The summed E-state index contributed by atoms with van der Waals surface area (Å²) in [4.78, 5) is 13.1. The van der Waals surface area contributed by atoms with Gasteiger partial charge in [-0.1, -0.05) is 65.7 Å². The Kier molecular flexibility index (Phi) is 6.46. The number of rotatable bonds is 7. The van der Waals surface area contributed by atoms with Gasteiger partial charge in [-0.25, -0.2) is 8.42 Å². The van der Waals surface area contributed by atoms with Crippen molar-refractivity contribution in [3.8, 4) is 0 Å². The van der Waals surface area contributed by atoms with Gasteiger partial charge in [-0.3, -0.25) is 4.79 Å². The van der Waals surface area contributed by atoms with E-state index in [9.17, 15) is 13.2 Å². The van der Waals surface area contributed by atoms with Crippen LogP contribution in [0.1, 0.15) is 16.7 Å². The van der Waals surface area contributed by atoms with Crippen LogP contribution in [0.2, 0.25) is 0 Å². The molecular formula is C23H24N2O3S. The number of carbonyl (C=O) groups is 1. The lowest BCUT2D eigenvalue weighted by atomic mass is 10.1. The highest BCUT2D eigenvalue weighted by molar-refractivity contribution is 7.89. The van der Waals surface area contributed by atoms with Gasteiger partial charge in [0, 0.05) is 5.69 Å². The number of hydrogen-bond donors (Lipinski definition) is 2. The van der Waals surface area contributed by atoms with E-state index in [0.717, 1.165) is 16.7 Å². The first-order chi connectivity index (χ1) is 13.8. The van der Waals surface area contributed by atoms with Gasteiger partial charge in [-0.05, 0) is 50.1 Å². The summed E-state index contributed by atoms with van der Waals surface area (Å²) in [6.07, 6.45) is 0.240. The van der Waals surface area contributed by atoms with E-state index >= 15 is 0 Å². The van der Waals surface area contributed by atoms with Gasteiger partial charge in [-0.2, -0.15) is 4.72 Å². The van der Waals surface area contributed by atoms with Crippen molar-refractivity contribution < 1.29 is 13.2 Å². The zero-order chi connectivity index (χ0) is 20.9. The first kappa shape index (κ1) is 20.8. The predicted molar refractivity (Wildman–Crippen MR) is 115 cm³/mol. The SMILES string of the molecule is Cc1ccc(NC(=O)C(Cc2ccccc2)NS(=O)(=O)c2ccc(C)cc2)cc1. The minimum Gasteiger partial charge on any atom is -0.325 e. The number of sulfonamides is 1. The fraction of sp³-hybridized carbons (Fsp3) is 0.174. The molecule has 3 aromatic rings. The van der Waals surface area contributed by atoms with Crippen LogP contribution in [-0.2, 0) is 21.2 Å². The van der Waals surface area contributed by atoms with E-state index < -0.39 is 22.0 Å². The summed E-state index contributed by atoms with van der Waals surface area (Å²) >= 11 is 0. The summed E-state index contributed by atoms with van der Waals surface area (Å²) in [6.45, 7) is 3.84. The van der Waals surface area contributed by atoms with Crippen molar-refractivity contribution in [2.45, 2.75) is 31.2 Å². The molecule has 0 aliphatic carbocycles. The number of benzene rings is 3. The second-order valence-corrected chi connectivity index (χ2v) is 8.75. The number of hydrogen-bond acceptors (Lipinski definition) is 3. The van der Waals surface area contributed by atoms with Crippen LogP contribution in [0, 0.1) is 13.8 Å². The van der Waals surface area contributed by atoms with E-state index in [1.54, 1.807) is 24.3 Å². The molecular weight excluding hydrogens is 384 g/mol. The molecule has 0 fully saturated rings. The first-order valence-corrected chi connectivity index (χ1v) is 10.8. The van der Waals surface area contributed by atoms with Gasteiger partial charge in [0.1, 0.15) is 6.04 Å². The molecule has 1 atom stereocenters. The van der Waals surface area contributed by atoms with Crippen LogP contribution in [0.4, 0.5) is 5.69 Å². The number of anilines is 1. The van der Waals surface area contributed by atoms with Crippen molar-refractivity contribution >= 4 is 21.6 Å². The van der Waals surface area contributed by atoms with Gasteiger partial charge < -0.3 is 5.32 Å². The highest BCUT2D eigenvalue weighted by atomic mass is 32.2. The molecule has 0 aliphatic rings. The lowest BCUT2D eigenvalue weighted by Crippen LogP contribution is -2.45. The highest BCUT2D eigenvalue weighted by Gasteiger charge is 2.26. The normalized spacial score (nSPS) is 12.3. The Balaban J connectivity index is 1.84. The second-order valence-electron chi connectivity index (χ2n) is 7.03. The van der Waals surface area contributed by atoms with Gasteiger partial charge in [-0.15, -0.1) is 0 Å². The Morgan fingerprint density at radius 2 is 1.38 bits per heavy atom. The highest BCUT2D eigenvalue weighted by Crippen LogP contribution is 2.14. The Morgan fingerprint density at radius 3 is 1.97 bits per heavy atom. The summed E-state index contributed by atoms with van der Waals surface area (Å²) < 4.78 is 28.3. The van der Waals surface area contributed by atoms with Crippen LogP contribution in [0.5, 0.6) is 0 Å². The molecule has 6 heteroatoms. The molecule has 2 N–H and O–H groups in total. The molecule has 0 bridgehead atoms. The number of aryl methyl sites for hydroxylation is 2. The van der Waals surface area contributed by atoms with Gasteiger partial charge in [0.2, 0.25) is 15.9 Å². The average Bonchev–Trinajstić information content (AvgIpc) is 2.70. The molecule has 3 aromatic carbocycles. The molecule has 1 amide bonds. The summed E-state index contributed by atoms with van der Waals surface area (Å²) in [5.41, 5.74) is 3.52. The quantitative estimate of drug-likeness (QED) is 0.624. The van der Waals surface area contributed by atoms with Crippen molar-refractivity contribution in [1.82, 2.24) is 4.72 Å². The summed E-state index contributed by atoms with van der Waals surface area (Å²) in [5.74, 6) is -0.409. The maximum atomic E-state index is 12.9. The summed E-state index contributed by atoms with van der Waals surface area (Å²) in [5, 5.41) is 2.81. The van der Waals surface area contributed by atoms with E-state index in [0.29, 0.717) is 5.69 Å². The third-order valence-corrected chi connectivity index (χ3v) is 6.03. The maximum Gasteiger partial charge on any atom is 0.242 e. The molecule has 1 unspecified atom stereocenters. The summed E-state index contributed by atoms with van der Waals surface area (Å²) in [7, 11) is -3.85. The van der Waals surface area contributed by atoms with E-state index in [4.69, 9.17) is 0 Å². The average molecular weight is 409 g/mol. The lowest BCUT2D eigenvalue weighted by Gasteiger charge is -2.19. The lowest BCUT2D eigenvalue weighted by molar-refractivity contribution is -0.117. The first-order valence-electron chi connectivity index (χ1n) is 9.34. The van der Waals surface area contributed by atoms with Crippen molar-refractivity contribution in [2.24, 2.45) is 0 Å². The van der Waals surface area contributed by atoms with Crippen molar-refractivity contribution in [3.63, 3.8) is 0 Å². The number of amides is 1. The van der Waals surface area contributed by atoms with Crippen molar-refractivity contribution in [3.05, 3.63) is 95.6 Å². The predicted octanol–water partition coefficient (Wildman–Crippen LogP) is 3.83. The number of nitrogens with one attached hydrogen (secondary N) is 2. The molecule has 0 spiro atoms. The summed E-state index contributed by atoms with van der Waals surface area (Å²) in [6, 6.07) is 22.3. The maximum absolute atomic E-state index is 12.9. The number of carbonyl (C=O) groups excluding carboxylic acids is 1. The largest absolute Gasteiger partial charge is 0.325 e. The molecule has 5 nitrogen and oxygen atoms in total. The molecule has 0 saturated heterocycles. The molecule has 0 radical (unpaired) electrons. The topological polar surface area (TPSA) is 75.3 Å². The second kappa shape index (κ2) is 9.03. The fourth-order valence-electron chi connectivity index (χ4n) is 2.88. The van der Waals surface area contributed by atoms with Gasteiger partial charge in [0.05, 0.1) is 4.90 Å². The molecule has 0 aliphatic heterocycles.